The summed E-state index contributed by atoms with van der Waals surface area (Å²) in [6.07, 6.45) is 1.11. The Hall–Kier alpha value is -1.36. The molecular weight excluding hydrogens is 194 g/mol. The maximum atomic E-state index is 10.7. The van der Waals surface area contributed by atoms with Crippen LogP contribution in [0, 0.1) is 0 Å². The molecule has 1 N–H and O–H groups in total. The third kappa shape index (κ3) is 1.70. The van der Waals surface area contributed by atoms with Gasteiger partial charge < -0.3 is 10.1 Å². The van der Waals surface area contributed by atoms with Crippen LogP contribution >= 0.6 is 11.6 Å². The SMILES string of the molecule is O=C1NC(c2ccnc(Cl)n2)CO1. The predicted octanol–water partition coefficient (Wildman–Crippen LogP) is 0.911. The van der Waals surface area contributed by atoms with Gasteiger partial charge in [0, 0.05) is 6.20 Å². The van der Waals surface area contributed by atoms with E-state index in [4.69, 9.17) is 16.3 Å². The van der Waals surface area contributed by atoms with Crippen molar-refractivity contribution in [2.24, 2.45) is 0 Å². The Morgan fingerprint density at radius 3 is 3.15 bits per heavy atom. The third-order valence-electron chi connectivity index (χ3n) is 1.68. The quantitative estimate of drug-likeness (QED) is 0.683. The maximum Gasteiger partial charge on any atom is 0.407 e. The molecule has 0 radical (unpaired) electrons. The molecule has 68 valence electrons. The number of carbonyl (C=O) groups excluding carboxylic acids is 1. The van der Waals surface area contributed by atoms with Gasteiger partial charge in [-0.2, -0.15) is 0 Å². The Bertz CT molecular complexity index is 344. The van der Waals surface area contributed by atoms with E-state index in [2.05, 4.69) is 15.3 Å². The summed E-state index contributed by atoms with van der Waals surface area (Å²) in [6, 6.07) is 1.47. The highest BCUT2D eigenvalue weighted by atomic mass is 35.5. The third-order valence-corrected chi connectivity index (χ3v) is 1.86. The molecule has 5 nitrogen and oxygen atoms in total. The van der Waals surface area contributed by atoms with E-state index >= 15 is 0 Å². The number of aromatic nitrogens is 2. The Kier molecular flexibility index (Phi) is 2.02. The molecule has 13 heavy (non-hydrogen) atoms. The van der Waals surface area contributed by atoms with Crippen LogP contribution in [-0.4, -0.2) is 22.7 Å². The van der Waals surface area contributed by atoms with Gasteiger partial charge in [0.15, 0.2) is 0 Å². The molecule has 0 spiro atoms. The molecule has 0 aliphatic carbocycles. The molecule has 1 saturated heterocycles. The van der Waals surface area contributed by atoms with Crippen molar-refractivity contribution in [1.29, 1.82) is 0 Å². The predicted molar refractivity (Wildman–Crippen MR) is 44.3 cm³/mol. The lowest BCUT2D eigenvalue weighted by Gasteiger charge is -2.04. The van der Waals surface area contributed by atoms with Crippen LogP contribution in [0.5, 0.6) is 0 Å². The molecule has 0 aromatic carbocycles. The average Bonchev–Trinajstić information content (AvgIpc) is 2.52. The van der Waals surface area contributed by atoms with Crippen molar-refractivity contribution in [1.82, 2.24) is 15.3 Å². The molecule has 0 bridgehead atoms. The first-order chi connectivity index (χ1) is 6.25. The van der Waals surface area contributed by atoms with Crippen LogP contribution in [-0.2, 0) is 4.74 Å². The topological polar surface area (TPSA) is 64.1 Å². The van der Waals surface area contributed by atoms with Gasteiger partial charge in [-0.3, -0.25) is 0 Å². The number of nitrogens with one attached hydrogen (secondary N) is 1. The number of carbonyl (C=O) groups is 1. The Morgan fingerprint density at radius 2 is 2.54 bits per heavy atom. The van der Waals surface area contributed by atoms with Gasteiger partial charge >= 0.3 is 6.09 Å². The second kappa shape index (κ2) is 3.18. The number of rotatable bonds is 1. The minimum absolute atomic E-state index is 0.165. The van der Waals surface area contributed by atoms with Crippen molar-refractivity contribution in [3.05, 3.63) is 23.2 Å². The standard InChI is InChI=1S/C7H6ClN3O2/c8-6-9-2-1-4(10-6)5-3-13-7(12)11-5/h1-2,5H,3H2,(H,11,12). The number of nitrogens with zero attached hydrogens (tertiary/aromatic N) is 2. The van der Waals surface area contributed by atoms with Crippen molar-refractivity contribution in [3.8, 4) is 0 Å². The van der Waals surface area contributed by atoms with Crippen molar-refractivity contribution in [3.63, 3.8) is 0 Å². The Labute approximate surface area is 79.1 Å². The molecule has 2 rings (SSSR count). The number of halogens is 1. The summed E-state index contributed by atoms with van der Waals surface area (Å²) in [4.78, 5) is 18.4. The summed E-state index contributed by atoms with van der Waals surface area (Å²) >= 11 is 5.58. The summed E-state index contributed by atoms with van der Waals surface area (Å²) in [6.45, 7) is 0.284. The van der Waals surface area contributed by atoms with E-state index in [1.165, 1.54) is 6.20 Å². The second-order valence-electron chi connectivity index (χ2n) is 2.55. The van der Waals surface area contributed by atoms with Gasteiger partial charge in [-0.05, 0) is 17.7 Å². The lowest BCUT2D eigenvalue weighted by molar-refractivity contribution is 0.177. The largest absolute Gasteiger partial charge is 0.447 e. The maximum absolute atomic E-state index is 10.7. The minimum Gasteiger partial charge on any atom is -0.447 e. The molecule has 1 aliphatic heterocycles. The van der Waals surface area contributed by atoms with E-state index in [-0.39, 0.29) is 17.9 Å². The summed E-state index contributed by atoms with van der Waals surface area (Å²) in [5.41, 5.74) is 0.658. The highest BCUT2D eigenvalue weighted by molar-refractivity contribution is 6.28. The Balaban J connectivity index is 2.21. The summed E-state index contributed by atoms with van der Waals surface area (Å²) in [7, 11) is 0. The van der Waals surface area contributed by atoms with Gasteiger partial charge in [-0.15, -0.1) is 0 Å². The molecule has 1 atom stereocenters. The first-order valence-corrected chi connectivity index (χ1v) is 4.05. The van der Waals surface area contributed by atoms with Crippen LogP contribution in [0.3, 0.4) is 0 Å². The second-order valence-corrected chi connectivity index (χ2v) is 2.88. The highest BCUT2D eigenvalue weighted by Gasteiger charge is 2.24. The molecule has 1 aliphatic rings. The molecular formula is C7H6ClN3O2. The lowest BCUT2D eigenvalue weighted by Crippen LogP contribution is -2.19. The van der Waals surface area contributed by atoms with E-state index in [1.54, 1.807) is 6.07 Å². The fraction of sp³-hybridized carbons (Fsp3) is 0.286. The number of amides is 1. The zero-order chi connectivity index (χ0) is 9.26. The summed E-state index contributed by atoms with van der Waals surface area (Å²) in [5, 5.41) is 2.75. The van der Waals surface area contributed by atoms with E-state index in [0.29, 0.717) is 5.69 Å². The van der Waals surface area contributed by atoms with Crippen LogP contribution in [0.25, 0.3) is 0 Å². The van der Waals surface area contributed by atoms with Gasteiger partial charge in [-0.1, -0.05) is 0 Å². The van der Waals surface area contributed by atoms with E-state index < -0.39 is 6.09 Å². The average molecular weight is 200 g/mol. The first-order valence-electron chi connectivity index (χ1n) is 3.67. The molecule has 2 heterocycles. The summed E-state index contributed by atoms with van der Waals surface area (Å²) in [5.74, 6) is 0. The van der Waals surface area contributed by atoms with Gasteiger partial charge in [0.1, 0.15) is 12.6 Å². The molecule has 1 aromatic rings. The Morgan fingerprint density at radius 1 is 1.69 bits per heavy atom. The monoisotopic (exact) mass is 199 g/mol. The first kappa shape index (κ1) is 8.25. The van der Waals surface area contributed by atoms with Gasteiger partial charge in [0.2, 0.25) is 5.28 Å². The number of hydrogen-bond acceptors (Lipinski definition) is 4. The molecule has 1 aromatic heterocycles. The van der Waals surface area contributed by atoms with Crippen LogP contribution in [0.2, 0.25) is 5.28 Å². The lowest BCUT2D eigenvalue weighted by atomic mass is 10.2. The zero-order valence-corrected chi connectivity index (χ0v) is 7.28. The summed E-state index contributed by atoms with van der Waals surface area (Å²) < 4.78 is 4.71. The van der Waals surface area contributed by atoms with E-state index in [1.807, 2.05) is 0 Å². The van der Waals surface area contributed by atoms with Crippen molar-refractivity contribution in [2.75, 3.05) is 6.61 Å². The minimum atomic E-state index is -0.431. The molecule has 1 amide bonds. The zero-order valence-electron chi connectivity index (χ0n) is 6.53. The molecule has 1 fully saturated rings. The number of ether oxygens (including phenoxy) is 1. The fourth-order valence-corrected chi connectivity index (χ4v) is 1.24. The van der Waals surface area contributed by atoms with Crippen LogP contribution in [0.4, 0.5) is 4.79 Å². The van der Waals surface area contributed by atoms with E-state index in [0.717, 1.165) is 0 Å². The van der Waals surface area contributed by atoms with Crippen LogP contribution in [0.15, 0.2) is 12.3 Å². The number of hydrogen-bond donors (Lipinski definition) is 1. The van der Waals surface area contributed by atoms with Gasteiger partial charge in [0.05, 0.1) is 5.69 Å². The van der Waals surface area contributed by atoms with Crippen LogP contribution < -0.4 is 5.32 Å². The van der Waals surface area contributed by atoms with Gasteiger partial charge in [-0.25, -0.2) is 14.8 Å². The number of cyclic esters (lactones) is 1. The van der Waals surface area contributed by atoms with Crippen molar-refractivity contribution < 1.29 is 9.53 Å². The fourth-order valence-electron chi connectivity index (χ4n) is 1.09. The van der Waals surface area contributed by atoms with Crippen molar-refractivity contribution >= 4 is 17.7 Å². The van der Waals surface area contributed by atoms with E-state index in [9.17, 15) is 4.79 Å². The molecule has 0 saturated carbocycles. The van der Waals surface area contributed by atoms with Gasteiger partial charge in [0.25, 0.3) is 0 Å². The number of alkyl carbamates (subject to hydrolysis) is 1. The highest BCUT2D eigenvalue weighted by Crippen LogP contribution is 2.16. The van der Waals surface area contributed by atoms with Crippen LogP contribution in [0.1, 0.15) is 11.7 Å². The molecule has 6 heteroatoms. The smallest absolute Gasteiger partial charge is 0.407 e. The molecule has 1 unspecified atom stereocenters. The normalized spacial score (nSPS) is 21.0. The van der Waals surface area contributed by atoms with Crippen molar-refractivity contribution in [2.45, 2.75) is 6.04 Å².